The monoisotopic (exact) mass is 427 g/mol. The third-order valence-electron chi connectivity index (χ3n) is 5.33. The first-order chi connectivity index (χ1) is 14.0. The Hall–Kier alpha value is -2.02. The Morgan fingerprint density at radius 1 is 1.03 bits per heavy atom. The first-order valence-corrected chi connectivity index (χ1v) is 12.4. The summed E-state index contributed by atoms with van der Waals surface area (Å²) >= 11 is 1.88. The van der Waals surface area contributed by atoms with Crippen LogP contribution in [-0.4, -0.2) is 39.1 Å². The molecule has 0 bridgehead atoms. The molecule has 152 valence electrons. The van der Waals surface area contributed by atoms with E-state index in [0.717, 1.165) is 35.2 Å². The lowest BCUT2D eigenvalue weighted by molar-refractivity contribution is 0.414. The van der Waals surface area contributed by atoms with Gasteiger partial charge in [0.15, 0.2) is 9.84 Å². The number of hydrogen-bond donors (Lipinski definition) is 1. The summed E-state index contributed by atoms with van der Waals surface area (Å²) in [5.41, 5.74) is 1.25. The molecule has 0 spiro atoms. The summed E-state index contributed by atoms with van der Waals surface area (Å²) in [6, 6.07) is 21.3. The van der Waals surface area contributed by atoms with Gasteiger partial charge < -0.3 is 10.1 Å². The van der Waals surface area contributed by atoms with E-state index < -0.39 is 9.84 Å². The Morgan fingerprint density at radius 2 is 1.79 bits per heavy atom. The molecule has 29 heavy (non-hydrogen) atoms. The molecule has 4 rings (SSSR count). The van der Waals surface area contributed by atoms with Crippen molar-refractivity contribution >= 4 is 32.4 Å². The molecular weight excluding hydrogens is 402 g/mol. The predicted molar refractivity (Wildman–Crippen MR) is 120 cm³/mol. The molecule has 1 heterocycles. The summed E-state index contributed by atoms with van der Waals surface area (Å²) in [6.07, 6.45) is 0.869. The van der Waals surface area contributed by atoms with E-state index in [4.69, 9.17) is 4.74 Å². The molecule has 0 unspecified atom stereocenters. The van der Waals surface area contributed by atoms with Gasteiger partial charge in [-0.25, -0.2) is 8.42 Å². The topological polar surface area (TPSA) is 55.4 Å². The highest BCUT2D eigenvalue weighted by Crippen LogP contribution is 2.27. The molecule has 4 nitrogen and oxygen atoms in total. The minimum atomic E-state index is -3.32. The summed E-state index contributed by atoms with van der Waals surface area (Å²) in [5.74, 6) is 1.92. The highest BCUT2D eigenvalue weighted by molar-refractivity contribution is 7.99. The molecule has 1 saturated heterocycles. The molecule has 0 saturated carbocycles. The number of thioether (sulfide) groups is 1. The van der Waals surface area contributed by atoms with Gasteiger partial charge in [-0.3, -0.25) is 0 Å². The van der Waals surface area contributed by atoms with Crippen LogP contribution in [0, 0.1) is 0 Å². The Balaban J connectivity index is 1.34. The lowest BCUT2D eigenvalue weighted by atomic mass is 10.1. The molecule has 0 aromatic heterocycles. The maximum absolute atomic E-state index is 12.9. The lowest BCUT2D eigenvalue weighted by Gasteiger charge is -2.12. The van der Waals surface area contributed by atoms with Crippen LogP contribution >= 0.6 is 11.8 Å². The van der Waals surface area contributed by atoms with Crippen LogP contribution in [0.25, 0.3) is 10.8 Å². The maximum atomic E-state index is 12.9. The molecule has 1 fully saturated rings. The van der Waals surface area contributed by atoms with Crippen molar-refractivity contribution in [3.63, 3.8) is 0 Å². The van der Waals surface area contributed by atoms with E-state index in [0.29, 0.717) is 10.1 Å². The van der Waals surface area contributed by atoms with Gasteiger partial charge >= 0.3 is 0 Å². The summed E-state index contributed by atoms with van der Waals surface area (Å²) in [4.78, 5) is 0.410. The highest BCUT2D eigenvalue weighted by atomic mass is 32.2. The van der Waals surface area contributed by atoms with Gasteiger partial charge in [-0.2, -0.15) is 11.8 Å². The second-order valence-electron chi connectivity index (χ2n) is 7.41. The highest BCUT2D eigenvalue weighted by Gasteiger charge is 2.29. The molecule has 3 aromatic carbocycles. The van der Waals surface area contributed by atoms with E-state index in [1.807, 2.05) is 54.2 Å². The third kappa shape index (κ3) is 4.94. The van der Waals surface area contributed by atoms with Gasteiger partial charge in [0.25, 0.3) is 0 Å². The molecule has 0 amide bonds. The average Bonchev–Trinajstić information content (AvgIpc) is 3.19. The van der Waals surface area contributed by atoms with Crippen molar-refractivity contribution in [2.45, 2.75) is 28.4 Å². The second kappa shape index (κ2) is 8.78. The Kier molecular flexibility index (Phi) is 6.13. The molecule has 6 heteroatoms. The van der Waals surface area contributed by atoms with Gasteiger partial charge in [-0.15, -0.1) is 0 Å². The van der Waals surface area contributed by atoms with Gasteiger partial charge in [0, 0.05) is 23.6 Å². The summed E-state index contributed by atoms with van der Waals surface area (Å²) in [7, 11) is -1.65. The van der Waals surface area contributed by atoms with Crippen molar-refractivity contribution in [3.8, 4) is 5.75 Å². The second-order valence-corrected chi connectivity index (χ2v) is 10.7. The summed E-state index contributed by atoms with van der Waals surface area (Å²) in [6.45, 7) is 0.846. The number of ether oxygens (including phenoxy) is 1. The van der Waals surface area contributed by atoms with Gasteiger partial charge in [-0.1, -0.05) is 42.5 Å². The van der Waals surface area contributed by atoms with Gasteiger partial charge in [0.05, 0.1) is 17.8 Å². The average molecular weight is 428 g/mol. The first-order valence-electron chi connectivity index (χ1n) is 9.73. The molecule has 3 aromatic rings. The zero-order valence-electron chi connectivity index (χ0n) is 16.4. The molecule has 0 radical (unpaired) electrons. The normalized spacial score (nSPS) is 19.5. The zero-order chi connectivity index (χ0) is 20.3. The standard InChI is InChI=1S/C23H25NO3S2/c1-27-21-9-6-17(7-10-21)15-28-22-13-20(24-14-22)16-29(25,26)23-11-8-18-4-2-3-5-19(18)12-23/h2-12,20,22,24H,13-16H2,1H3/t20-,22+/m0/s1. The van der Waals surface area contributed by atoms with E-state index in [1.165, 1.54) is 5.56 Å². The molecule has 1 aliphatic heterocycles. The Morgan fingerprint density at radius 3 is 2.55 bits per heavy atom. The predicted octanol–water partition coefficient (Wildman–Crippen LogP) is 4.29. The number of hydrogen-bond acceptors (Lipinski definition) is 5. The minimum absolute atomic E-state index is 0.000150. The van der Waals surface area contributed by atoms with Gasteiger partial charge in [-0.05, 0) is 47.0 Å². The van der Waals surface area contributed by atoms with Crippen LogP contribution in [0.4, 0.5) is 0 Å². The maximum Gasteiger partial charge on any atom is 0.179 e. The van der Waals surface area contributed by atoms with Crippen LogP contribution in [-0.2, 0) is 15.6 Å². The fraction of sp³-hybridized carbons (Fsp3) is 0.304. The quantitative estimate of drug-likeness (QED) is 0.610. The van der Waals surface area contributed by atoms with Crippen LogP contribution in [0.1, 0.15) is 12.0 Å². The van der Waals surface area contributed by atoms with Crippen molar-refractivity contribution < 1.29 is 13.2 Å². The van der Waals surface area contributed by atoms with E-state index in [2.05, 4.69) is 17.4 Å². The molecular formula is C23H25NO3S2. The van der Waals surface area contributed by atoms with Crippen molar-refractivity contribution in [2.75, 3.05) is 19.4 Å². The van der Waals surface area contributed by atoms with Crippen LogP contribution in [0.2, 0.25) is 0 Å². The number of benzene rings is 3. The van der Waals surface area contributed by atoms with Crippen molar-refractivity contribution in [1.82, 2.24) is 5.32 Å². The van der Waals surface area contributed by atoms with E-state index in [1.54, 1.807) is 19.2 Å². The van der Waals surface area contributed by atoms with Crippen molar-refractivity contribution in [3.05, 3.63) is 72.3 Å². The fourth-order valence-corrected chi connectivity index (χ4v) is 6.45. The first kappa shape index (κ1) is 20.3. The van der Waals surface area contributed by atoms with Gasteiger partial charge in [0.2, 0.25) is 0 Å². The number of rotatable bonds is 7. The minimum Gasteiger partial charge on any atom is -0.497 e. The van der Waals surface area contributed by atoms with Crippen LogP contribution < -0.4 is 10.1 Å². The summed E-state index contributed by atoms with van der Waals surface area (Å²) < 4.78 is 31.0. The Labute approximate surface area is 176 Å². The van der Waals surface area contributed by atoms with Crippen molar-refractivity contribution in [1.29, 1.82) is 0 Å². The fourth-order valence-electron chi connectivity index (χ4n) is 3.69. The third-order valence-corrected chi connectivity index (χ3v) is 8.47. The van der Waals surface area contributed by atoms with Crippen LogP contribution in [0.5, 0.6) is 5.75 Å². The van der Waals surface area contributed by atoms with Crippen LogP contribution in [0.3, 0.4) is 0 Å². The van der Waals surface area contributed by atoms with E-state index in [-0.39, 0.29) is 11.8 Å². The Bertz CT molecular complexity index is 1080. The number of sulfone groups is 1. The molecule has 0 aliphatic carbocycles. The van der Waals surface area contributed by atoms with E-state index in [9.17, 15) is 8.42 Å². The van der Waals surface area contributed by atoms with Crippen LogP contribution in [0.15, 0.2) is 71.6 Å². The molecule has 2 atom stereocenters. The molecule has 1 N–H and O–H groups in total. The SMILES string of the molecule is COc1ccc(CS[C@H]2CN[C@H](CS(=O)(=O)c3ccc4ccccc4c3)C2)cc1. The van der Waals surface area contributed by atoms with E-state index >= 15 is 0 Å². The summed E-state index contributed by atoms with van der Waals surface area (Å²) in [5, 5.41) is 5.84. The lowest BCUT2D eigenvalue weighted by Crippen LogP contribution is -2.29. The number of methoxy groups -OCH3 is 1. The number of fused-ring (bicyclic) bond motifs is 1. The number of nitrogens with one attached hydrogen (secondary N) is 1. The van der Waals surface area contributed by atoms with Crippen molar-refractivity contribution in [2.24, 2.45) is 0 Å². The smallest absolute Gasteiger partial charge is 0.179 e. The largest absolute Gasteiger partial charge is 0.497 e. The molecule has 1 aliphatic rings. The van der Waals surface area contributed by atoms with Gasteiger partial charge in [0.1, 0.15) is 5.75 Å². The zero-order valence-corrected chi connectivity index (χ0v) is 18.0.